The van der Waals surface area contributed by atoms with Gasteiger partial charge in [0, 0.05) is 39.8 Å². The van der Waals surface area contributed by atoms with Crippen molar-refractivity contribution in [2.45, 2.75) is 13.3 Å². The number of β-amino-alcohol motifs (C(OH)–C–C–N with tert-alkyl or cyclic N) is 1. The fraction of sp³-hybridized carbons (Fsp3) is 0.692. The number of aromatic nitrogens is 2. The molecule has 0 atom stereocenters. The van der Waals surface area contributed by atoms with Crippen molar-refractivity contribution in [3.8, 4) is 0 Å². The van der Waals surface area contributed by atoms with Gasteiger partial charge in [0.2, 0.25) is 0 Å². The van der Waals surface area contributed by atoms with E-state index in [1.165, 1.54) is 0 Å². The summed E-state index contributed by atoms with van der Waals surface area (Å²) in [6, 6.07) is 1.88. The van der Waals surface area contributed by atoms with Gasteiger partial charge in [-0.3, -0.25) is 14.4 Å². The molecule has 2 heterocycles. The first-order chi connectivity index (χ1) is 9.15. The van der Waals surface area contributed by atoms with E-state index in [9.17, 15) is 4.79 Å². The molecule has 1 aliphatic rings. The molecule has 1 aromatic rings. The van der Waals surface area contributed by atoms with E-state index in [1.54, 1.807) is 4.68 Å². The molecule has 1 fully saturated rings. The molecule has 106 valence electrons. The van der Waals surface area contributed by atoms with Gasteiger partial charge in [-0.2, -0.15) is 5.10 Å². The van der Waals surface area contributed by atoms with Crippen LogP contribution in [0.2, 0.25) is 0 Å². The number of aliphatic hydroxyl groups is 1. The highest BCUT2D eigenvalue weighted by Crippen LogP contribution is 2.10. The Hall–Kier alpha value is -1.40. The summed E-state index contributed by atoms with van der Waals surface area (Å²) in [4.78, 5) is 16.4. The van der Waals surface area contributed by atoms with E-state index in [2.05, 4.69) is 10.00 Å². The maximum Gasteiger partial charge on any atom is 0.272 e. The Morgan fingerprint density at radius 2 is 2.05 bits per heavy atom. The maximum absolute atomic E-state index is 12.4. The Balaban J connectivity index is 1.99. The fourth-order valence-electron chi connectivity index (χ4n) is 2.38. The van der Waals surface area contributed by atoms with Crippen LogP contribution in [0.15, 0.2) is 6.07 Å². The molecule has 6 nitrogen and oxygen atoms in total. The molecule has 6 heteroatoms. The van der Waals surface area contributed by atoms with Gasteiger partial charge < -0.3 is 10.0 Å². The lowest BCUT2D eigenvalue weighted by molar-refractivity contribution is 0.0604. The van der Waals surface area contributed by atoms with Crippen molar-refractivity contribution in [3.63, 3.8) is 0 Å². The van der Waals surface area contributed by atoms with Crippen molar-refractivity contribution >= 4 is 5.91 Å². The Morgan fingerprint density at radius 1 is 1.37 bits per heavy atom. The van der Waals surface area contributed by atoms with Crippen LogP contribution in [-0.2, 0) is 13.5 Å². The van der Waals surface area contributed by atoms with Gasteiger partial charge in [-0.25, -0.2) is 0 Å². The Labute approximate surface area is 113 Å². The zero-order valence-electron chi connectivity index (χ0n) is 11.7. The fourth-order valence-corrected chi connectivity index (χ4v) is 2.38. The predicted octanol–water partition coefficient (Wildman–Crippen LogP) is -0.267. The third-order valence-electron chi connectivity index (χ3n) is 3.59. The number of hydrogen-bond donors (Lipinski definition) is 1. The van der Waals surface area contributed by atoms with Crippen LogP contribution in [0.5, 0.6) is 0 Å². The second-order valence-electron chi connectivity index (χ2n) is 4.86. The minimum atomic E-state index is 0.0540. The minimum absolute atomic E-state index is 0.0540. The van der Waals surface area contributed by atoms with Crippen molar-refractivity contribution in [3.05, 3.63) is 17.5 Å². The molecule has 2 rings (SSSR count). The molecule has 1 N–H and O–H groups in total. The summed E-state index contributed by atoms with van der Waals surface area (Å²) in [6.45, 7) is 5.97. The lowest BCUT2D eigenvalue weighted by Gasteiger charge is -2.34. The quantitative estimate of drug-likeness (QED) is 0.815. The van der Waals surface area contributed by atoms with Gasteiger partial charge in [-0.05, 0) is 12.5 Å². The number of amides is 1. The van der Waals surface area contributed by atoms with Gasteiger partial charge in [0.05, 0.1) is 12.3 Å². The van der Waals surface area contributed by atoms with Crippen LogP contribution < -0.4 is 0 Å². The summed E-state index contributed by atoms with van der Waals surface area (Å²) >= 11 is 0. The van der Waals surface area contributed by atoms with Crippen molar-refractivity contribution < 1.29 is 9.90 Å². The SMILES string of the molecule is CCc1cc(C(=O)N2CCN(CCO)CC2)n(C)n1. The van der Waals surface area contributed by atoms with E-state index in [0.717, 1.165) is 25.2 Å². The van der Waals surface area contributed by atoms with Crippen LogP contribution in [0, 0.1) is 0 Å². The normalized spacial score (nSPS) is 16.9. The summed E-state index contributed by atoms with van der Waals surface area (Å²) in [6.07, 6.45) is 0.839. The second-order valence-corrected chi connectivity index (χ2v) is 4.86. The molecular weight excluding hydrogens is 244 g/mol. The lowest BCUT2D eigenvalue weighted by Crippen LogP contribution is -2.49. The molecule has 0 spiro atoms. The van der Waals surface area contributed by atoms with Crippen LogP contribution in [0.1, 0.15) is 23.1 Å². The lowest BCUT2D eigenvalue weighted by atomic mass is 10.2. The van der Waals surface area contributed by atoms with Crippen molar-refractivity contribution in [2.24, 2.45) is 7.05 Å². The zero-order chi connectivity index (χ0) is 13.8. The van der Waals surface area contributed by atoms with E-state index >= 15 is 0 Å². The van der Waals surface area contributed by atoms with Crippen molar-refractivity contribution in [2.75, 3.05) is 39.3 Å². The summed E-state index contributed by atoms with van der Waals surface area (Å²) in [7, 11) is 1.81. The average molecular weight is 266 g/mol. The van der Waals surface area contributed by atoms with Crippen LogP contribution in [0.4, 0.5) is 0 Å². The Kier molecular flexibility index (Phi) is 4.55. The second kappa shape index (κ2) is 6.16. The van der Waals surface area contributed by atoms with Crippen LogP contribution in [0.3, 0.4) is 0 Å². The first-order valence-electron chi connectivity index (χ1n) is 6.81. The molecule has 1 amide bonds. The van der Waals surface area contributed by atoms with Crippen LogP contribution >= 0.6 is 0 Å². The highest BCUT2D eigenvalue weighted by atomic mass is 16.3. The van der Waals surface area contributed by atoms with Gasteiger partial charge in [0.25, 0.3) is 5.91 Å². The summed E-state index contributed by atoms with van der Waals surface area (Å²) < 4.78 is 1.67. The molecule has 0 aromatic carbocycles. The van der Waals surface area contributed by atoms with Gasteiger partial charge in [-0.15, -0.1) is 0 Å². The molecule has 0 aliphatic carbocycles. The molecule has 1 saturated heterocycles. The van der Waals surface area contributed by atoms with E-state index in [0.29, 0.717) is 25.3 Å². The average Bonchev–Trinajstić information content (AvgIpc) is 2.80. The Bertz CT molecular complexity index is 436. The minimum Gasteiger partial charge on any atom is -0.395 e. The van der Waals surface area contributed by atoms with Crippen molar-refractivity contribution in [1.82, 2.24) is 19.6 Å². The first-order valence-corrected chi connectivity index (χ1v) is 6.81. The van der Waals surface area contributed by atoms with E-state index in [1.807, 2.05) is 24.9 Å². The molecule has 0 radical (unpaired) electrons. The molecule has 1 aliphatic heterocycles. The number of piperazine rings is 1. The molecular formula is C13H22N4O2. The molecule has 1 aromatic heterocycles. The number of hydrogen-bond acceptors (Lipinski definition) is 4. The molecule has 19 heavy (non-hydrogen) atoms. The number of nitrogens with zero attached hydrogens (tertiary/aromatic N) is 4. The standard InChI is InChI=1S/C13H22N4O2/c1-3-11-10-12(15(2)14-11)13(19)17-6-4-16(5-7-17)8-9-18/h10,18H,3-9H2,1-2H3. The van der Waals surface area contributed by atoms with Gasteiger partial charge in [0.15, 0.2) is 0 Å². The highest BCUT2D eigenvalue weighted by molar-refractivity contribution is 5.92. The number of carbonyl (C=O) groups is 1. The van der Waals surface area contributed by atoms with E-state index in [-0.39, 0.29) is 12.5 Å². The number of carbonyl (C=O) groups excluding carboxylic acids is 1. The third-order valence-corrected chi connectivity index (χ3v) is 3.59. The summed E-state index contributed by atoms with van der Waals surface area (Å²) in [5.74, 6) is 0.0540. The van der Waals surface area contributed by atoms with Crippen molar-refractivity contribution in [1.29, 1.82) is 0 Å². The predicted molar refractivity (Wildman–Crippen MR) is 72.0 cm³/mol. The number of aliphatic hydroxyl groups excluding tert-OH is 1. The van der Waals surface area contributed by atoms with E-state index < -0.39 is 0 Å². The van der Waals surface area contributed by atoms with Gasteiger partial charge in [0.1, 0.15) is 5.69 Å². The largest absolute Gasteiger partial charge is 0.395 e. The van der Waals surface area contributed by atoms with Crippen LogP contribution in [0.25, 0.3) is 0 Å². The summed E-state index contributed by atoms with van der Waals surface area (Å²) in [5.41, 5.74) is 1.61. The smallest absolute Gasteiger partial charge is 0.272 e. The highest BCUT2D eigenvalue weighted by Gasteiger charge is 2.24. The van der Waals surface area contributed by atoms with Gasteiger partial charge >= 0.3 is 0 Å². The summed E-state index contributed by atoms with van der Waals surface area (Å²) in [5, 5.41) is 13.2. The molecule has 0 unspecified atom stereocenters. The van der Waals surface area contributed by atoms with Crippen LogP contribution in [-0.4, -0.2) is 69.9 Å². The number of aryl methyl sites for hydroxylation is 2. The van der Waals surface area contributed by atoms with Gasteiger partial charge in [-0.1, -0.05) is 6.92 Å². The molecule has 0 bridgehead atoms. The van der Waals surface area contributed by atoms with E-state index in [4.69, 9.17) is 5.11 Å². The Morgan fingerprint density at radius 3 is 2.58 bits per heavy atom. The third kappa shape index (κ3) is 3.13. The first kappa shape index (κ1) is 14.0. The monoisotopic (exact) mass is 266 g/mol. The molecule has 0 saturated carbocycles. The maximum atomic E-state index is 12.4. The zero-order valence-corrected chi connectivity index (χ0v) is 11.7. The topological polar surface area (TPSA) is 61.6 Å². The number of rotatable bonds is 4.